The number of hydrogen-bond donors (Lipinski definition) is 0. The molecule has 2 atom stereocenters. The topological polar surface area (TPSA) is 33.5 Å². The smallest absolute Gasteiger partial charge is 0.244 e. The third-order valence-corrected chi connectivity index (χ3v) is 3.87. The van der Waals surface area contributed by atoms with E-state index in [9.17, 15) is 4.79 Å². The number of carbonyl (C=O) groups is 1. The summed E-state index contributed by atoms with van der Waals surface area (Å²) >= 11 is 12.0. The molecule has 0 bridgehead atoms. The maximum Gasteiger partial charge on any atom is 0.244 e. The van der Waals surface area contributed by atoms with E-state index in [0.717, 1.165) is 5.76 Å². The van der Waals surface area contributed by atoms with E-state index in [0.29, 0.717) is 19.0 Å². The Kier molecular flexibility index (Phi) is 3.17. The van der Waals surface area contributed by atoms with Gasteiger partial charge in [-0.1, -0.05) is 0 Å². The Morgan fingerprint density at radius 3 is 2.94 bits per heavy atom. The van der Waals surface area contributed by atoms with Crippen LogP contribution in [0.25, 0.3) is 0 Å². The predicted octanol–water partition coefficient (Wildman–Crippen LogP) is 2.47. The van der Waals surface area contributed by atoms with E-state index < -0.39 is 4.87 Å². The Labute approximate surface area is 104 Å². The largest absolute Gasteiger partial charge is 0.467 e. The number of rotatable bonds is 3. The summed E-state index contributed by atoms with van der Waals surface area (Å²) in [7, 11) is 0. The maximum absolute atomic E-state index is 12.0. The van der Waals surface area contributed by atoms with Crippen molar-refractivity contribution in [2.24, 2.45) is 5.92 Å². The first-order valence-electron chi connectivity index (χ1n) is 5.12. The lowest BCUT2D eigenvalue weighted by Crippen LogP contribution is -2.35. The van der Waals surface area contributed by atoms with Crippen molar-refractivity contribution >= 4 is 29.1 Å². The summed E-state index contributed by atoms with van der Waals surface area (Å²) in [6.45, 7) is 2.77. The molecule has 1 amide bonds. The number of alkyl halides is 2. The first-order valence-corrected chi connectivity index (χ1v) is 6.03. The summed E-state index contributed by atoms with van der Waals surface area (Å²) < 4.78 is 5.21. The van der Waals surface area contributed by atoms with Gasteiger partial charge in [-0.3, -0.25) is 4.79 Å². The molecule has 1 fully saturated rings. The highest BCUT2D eigenvalue weighted by Crippen LogP contribution is 2.36. The number of halogens is 2. The van der Waals surface area contributed by atoms with Crippen LogP contribution >= 0.6 is 23.2 Å². The first kappa shape index (κ1) is 11.8. The van der Waals surface area contributed by atoms with E-state index in [1.165, 1.54) is 0 Å². The zero-order valence-electron chi connectivity index (χ0n) is 8.95. The molecule has 88 valence electrons. The minimum absolute atomic E-state index is 0.0155. The van der Waals surface area contributed by atoms with Gasteiger partial charge in [-0.05, 0) is 19.1 Å². The monoisotopic (exact) mass is 261 g/mol. The van der Waals surface area contributed by atoms with Gasteiger partial charge in [0.2, 0.25) is 5.91 Å². The van der Waals surface area contributed by atoms with Crippen LogP contribution in [-0.2, 0) is 11.3 Å². The zero-order chi connectivity index (χ0) is 11.8. The van der Waals surface area contributed by atoms with Crippen molar-refractivity contribution in [3.05, 3.63) is 24.2 Å². The molecule has 2 heterocycles. The lowest BCUT2D eigenvalue weighted by atomic mass is 9.99. The Hall–Kier alpha value is -0.670. The van der Waals surface area contributed by atoms with Crippen molar-refractivity contribution in [1.29, 1.82) is 0 Å². The van der Waals surface area contributed by atoms with E-state index in [1.54, 1.807) is 24.2 Å². The van der Waals surface area contributed by atoms with Crippen molar-refractivity contribution in [3.8, 4) is 0 Å². The molecule has 0 radical (unpaired) electrons. The molecule has 16 heavy (non-hydrogen) atoms. The van der Waals surface area contributed by atoms with Gasteiger partial charge in [-0.15, -0.1) is 23.2 Å². The Morgan fingerprint density at radius 2 is 2.44 bits per heavy atom. The van der Waals surface area contributed by atoms with Crippen LogP contribution in [0.1, 0.15) is 12.7 Å². The first-order chi connectivity index (χ1) is 7.55. The van der Waals surface area contributed by atoms with Gasteiger partial charge < -0.3 is 9.32 Å². The molecule has 0 spiro atoms. The molecule has 1 aromatic rings. The third kappa shape index (κ3) is 1.94. The van der Waals surface area contributed by atoms with Crippen LogP contribution in [0.3, 0.4) is 0 Å². The lowest BCUT2D eigenvalue weighted by Gasteiger charge is -2.18. The van der Waals surface area contributed by atoms with Crippen molar-refractivity contribution < 1.29 is 9.21 Å². The summed E-state index contributed by atoms with van der Waals surface area (Å²) in [6, 6.07) is 3.64. The molecular weight excluding hydrogens is 249 g/mol. The molecule has 5 heteroatoms. The van der Waals surface area contributed by atoms with Gasteiger partial charge in [0.25, 0.3) is 0 Å². The van der Waals surface area contributed by atoms with Gasteiger partial charge in [0.1, 0.15) is 10.6 Å². The van der Waals surface area contributed by atoms with Crippen molar-refractivity contribution in [3.63, 3.8) is 0 Å². The highest BCUT2D eigenvalue weighted by molar-refractivity contribution is 6.36. The molecule has 1 aliphatic heterocycles. The van der Waals surface area contributed by atoms with Crippen LogP contribution in [0, 0.1) is 5.92 Å². The number of carbonyl (C=O) groups excluding carboxylic acids is 1. The van der Waals surface area contributed by atoms with E-state index in [2.05, 4.69) is 0 Å². The number of furan rings is 1. The molecule has 3 nitrogen and oxygen atoms in total. The average Bonchev–Trinajstić information content (AvgIpc) is 2.81. The SMILES string of the molecule is C[C@@]1(Cl)C(=O)N(Cc2ccco2)C[C@@H]1CCl. The van der Waals surface area contributed by atoms with E-state index in [-0.39, 0.29) is 11.8 Å². The molecule has 1 aromatic heterocycles. The molecule has 0 unspecified atom stereocenters. The van der Waals surface area contributed by atoms with Crippen LogP contribution < -0.4 is 0 Å². The second kappa shape index (κ2) is 4.30. The van der Waals surface area contributed by atoms with Crippen LogP contribution in [-0.4, -0.2) is 28.1 Å². The molecule has 0 aromatic carbocycles. The second-order valence-electron chi connectivity index (χ2n) is 4.19. The average molecular weight is 262 g/mol. The van der Waals surface area contributed by atoms with Crippen LogP contribution in [0.2, 0.25) is 0 Å². The molecule has 0 aliphatic carbocycles. The minimum Gasteiger partial charge on any atom is -0.467 e. The summed E-state index contributed by atoms with van der Waals surface area (Å²) in [5.74, 6) is 1.06. The van der Waals surface area contributed by atoms with Crippen LogP contribution in [0.5, 0.6) is 0 Å². The number of hydrogen-bond acceptors (Lipinski definition) is 2. The summed E-state index contributed by atoms with van der Waals surface area (Å²) in [4.78, 5) is 12.8. The minimum atomic E-state index is -0.881. The van der Waals surface area contributed by atoms with Gasteiger partial charge >= 0.3 is 0 Å². The van der Waals surface area contributed by atoms with Gasteiger partial charge in [0.05, 0.1) is 12.8 Å². The quantitative estimate of drug-likeness (QED) is 0.784. The Morgan fingerprint density at radius 1 is 1.69 bits per heavy atom. The molecule has 1 saturated heterocycles. The summed E-state index contributed by atoms with van der Waals surface area (Å²) in [5.41, 5.74) is 0. The summed E-state index contributed by atoms with van der Waals surface area (Å²) in [5, 5.41) is 0. The molecule has 2 rings (SSSR count). The third-order valence-electron chi connectivity index (χ3n) is 3.03. The van der Waals surface area contributed by atoms with Gasteiger partial charge in [-0.25, -0.2) is 0 Å². The number of likely N-dealkylation sites (tertiary alicyclic amines) is 1. The predicted molar refractivity (Wildman–Crippen MR) is 62.6 cm³/mol. The summed E-state index contributed by atoms with van der Waals surface area (Å²) in [6.07, 6.45) is 1.59. The lowest BCUT2D eigenvalue weighted by molar-refractivity contribution is -0.130. The van der Waals surface area contributed by atoms with Crippen molar-refractivity contribution in [2.75, 3.05) is 12.4 Å². The molecule has 0 saturated carbocycles. The molecule has 1 aliphatic rings. The van der Waals surface area contributed by atoms with Crippen LogP contribution in [0.4, 0.5) is 0 Å². The highest BCUT2D eigenvalue weighted by Gasteiger charge is 2.48. The van der Waals surface area contributed by atoms with Crippen molar-refractivity contribution in [2.45, 2.75) is 18.3 Å². The standard InChI is InChI=1S/C11H13Cl2NO2/c1-11(13)8(5-12)6-14(10(11)15)7-9-3-2-4-16-9/h2-4,8H,5-7H2,1H3/t8-,11-/m0/s1. The highest BCUT2D eigenvalue weighted by atomic mass is 35.5. The van der Waals surface area contributed by atoms with E-state index in [1.807, 2.05) is 6.07 Å². The zero-order valence-corrected chi connectivity index (χ0v) is 10.5. The fourth-order valence-corrected chi connectivity index (χ4v) is 2.68. The Bertz CT molecular complexity index is 375. The maximum atomic E-state index is 12.0. The Balaban J connectivity index is 2.11. The molecule has 0 N–H and O–H groups in total. The van der Waals surface area contributed by atoms with Gasteiger partial charge in [-0.2, -0.15) is 0 Å². The second-order valence-corrected chi connectivity index (χ2v) is 5.29. The van der Waals surface area contributed by atoms with Gasteiger partial charge in [0, 0.05) is 18.3 Å². The van der Waals surface area contributed by atoms with Crippen LogP contribution in [0.15, 0.2) is 22.8 Å². The normalized spacial score (nSPS) is 30.1. The fourth-order valence-electron chi connectivity index (χ4n) is 1.92. The fraction of sp³-hybridized carbons (Fsp3) is 0.545. The van der Waals surface area contributed by atoms with E-state index in [4.69, 9.17) is 27.6 Å². The number of amides is 1. The van der Waals surface area contributed by atoms with Crippen molar-refractivity contribution in [1.82, 2.24) is 4.90 Å². The van der Waals surface area contributed by atoms with Gasteiger partial charge in [0.15, 0.2) is 0 Å². The number of nitrogens with zero attached hydrogens (tertiary/aromatic N) is 1. The molecular formula is C11H13Cl2NO2. The van der Waals surface area contributed by atoms with E-state index >= 15 is 0 Å².